The van der Waals surface area contributed by atoms with Crippen LogP contribution in [-0.2, 0) is 11.3 Å². The van der Waals surface area contributed by atoms with Gasteiger partial charge in [-0.2, -0.15) is 4.98 Å². The topological polar surface area (TPSA) is 125 Å². The zero-order valence-electron chi connectivity index (χ0n) is 16.0. The Kier molecular flexibility index (Phi) is 4.78. The Hall–Kier alpha value is -4.01. The highest BCUT2D eigenvalue weighted by Crippen LogP contribution is 2.25. The van der Waals surface area contributed by atoms with Crippen LogP contribution < -0.4 is 11.1 Å². The van der Waals surface area contributed by atoms with E-state index in [0.717, 1.165) is 22.4 Å². The summed E-state index contributed by atoms with van der Waals surface area (Å²) < 4.78 is 6.58. The van der Waals surface area contributed by atoms with E-state index in [1.54, 1.807) is 0 Å². The van der Waals surface area contributed by atoms with Crippen molar-refractivity contribution in [3.05, 3.63) is 59.7 Å². The number of nitrogens with two attached hydrogens (primary N) is 1. The molecule has 0 spiro atoms. The third-order valence-corrected chi connectivity index (χ3v) is 4.42. The molecule has 0 saturated heterocycles. The van der Waals surface area contributed by atoms with Gasteiger partial charge in [0.25, 0.3) is 5.89 Å². The van der Waals surface area contributed by atoms with Crippen molar-refractivity contribution in [3.63, 3.8) is 0 Å². The molecule has 0 aliphatic carbocycles. The first-order valence-electron chi connectivity index (χ1n) is 8.97. The number of aromatic nitrogens is 5. The van der Waals surface area contributed by atoms with Crippen molar-refractivity contribution in [2.24, 2.45) is 0 Å². The van der Waals surface area contributed by atoms with Crippen LogP contribution in [0.25, 0.3) is 23.0 Å². The molecule has 0 saturated carbocycles. The third-order valence-electron chi connectivity index (χ3n) is 4.42. The van der Waals surface area contributed by atoms with E-state index in [4.69, 9.17) is 10.3 Å². The fourth-order valence-corrected chi connectivity index (χ4v) is 2.77. The lowest BCUT2D eigenvalue weighted by atomic mass is 10.1. The number of hydrogen-bond acceptors (Lipinski definition) is 7. The van der Waals surface area contributed by atoms with E-state index in [1.807, 2.05) is 62.4 Å². The predicted molar refractivity (Wildman–Crippen MR) is 108 cm³/mol. The fraction of sp³-hybridized carbons (Fsp3) is 0.150. The van der Waals surface area contributed by atoms with Crippen molar-refractivity contribution in [2.75, 3.05) is 11.1 Å². The highest BCUT2D eigenvalue weighted by Gasteiger charge is 2.20. The standard InChI is InChI=1S/C20H19N7O2/c1-12-7-9-14(10-8-12)19-23-20(29-25-19)17-18(21)27(26-24-17)11-16(28)22-15-6-4-3-5-13(15)2/h3-10H,11,21H2,1-2H3,(H,22,28). The second-order valence-corrected chi connectivity index (χ2v) is 6.63. The van der Waals surface area contributed by atoms with Gasteiger partial charge in [-0.25, -0.2) is 4.68 Å². The fourth-order valence-electron chi connectivity index (χ4n) is 2.77. The molecule has 9 nitrogen and oxygen atoms in total. The molecule has 3 N–H and O–H groups in total. The van der Waals surface area contributed by atoms with E-state index in [9.17, 15) is 4.79 Å². The Labute approximate surface area is 166 Å². The Balaban J connectivity index is 1.51. The minimum absolute atomic E-state index is 0.0911. The number of nitrogens with zero attached hydrogens (tertiary/aromatic N) is 5. The summed E-state index contributed by atoms with van der Waals surface area (Å²) in [5, 5.41) is 14.7. The average molecular weight is 389 g/mol. The van der Waals surface area contributed by atoms with Crippen molar-refractivity contribution in [2.45, 2.75) is 20.4 Å². The number of aryl methyl sites for hydroxylation is 2. The Morgan fingerprint density at radius 3 is 2.66 bits per heavy atom. The molecule has 0 bridgehead atoms. The van der Waals surface area contributed by atoms with Gasteiger partial charge in [0.1, 0.15) is 6.54 Å². The van der Waals surface area contributed by atoms with Gasteiger partial charge in [0.15, 0.2) is 11.5 Å². The lowest BCUT2D eigenvalue weighted by Gasteiger charge is -2.08. The lowest BCUT2D eigenvalue weighted by molar-refractivity contribution is -0.116. The quantitative estimate of drug-likeness (QED) is 0.537. The molecule has 4 rings (SSSR count). The molecule has 0 unspecified atom stereocenters. The monoisotopic (exact) mass is 389 g/mol. The van der Waals surface area contributed by atoms with Gasteiger partial charge in [-0.15, -0.1) is 5.10 Å². The van der Waals surface area contributed by atoms with Crippen LogP contribution in [0.5, 0.6) is 0 Å². The van der Waals surface area contributed by atoms with E-state index < -0.39 is 0 Å². The number of hydrogen-bond donors (Lipinski definition) is 2. The summed E-state index contributed by atoms with van der Waals surface area (Å²) >= 11 is 0. The summed E-state index contributed by atoms with van der Waals surface area (Å²) in [6.45, 7) is 3.82. The van der Waals surface area contributed by atoms with Crippen LogP contribution >= 0.6 is 0 Å². The second-order valence-electron chi connectivity index (χ2n) is 6.63. The number of anilines is 2. The van der Waals surface area contributed by atoms with Crippen LogP contribution in [0.4, 0.5) is 11.5 Å². The van der Waals surface area contributed by atoms with Crippen molar-refractivity contribution >= 4 is 17.4 Å². The number of nitrogens with one attached hydrogen (secondary N) is 1. The average Bonchev–Trinajstić information content (AvgIpc) is 3.32. The molecule has 0 fully saturated rings. The third kappa shape index (κ3) is 3.84. The van der Waals surface area contributed by atoms with Gasteiger partial charge in [0.2, 0.25) is 11.7 Å². The number of para-hydroxylation sites is 1. The molecule has 2 aromatic carbocycles. The van der Waals surface area contributed by atoms with Gasteiger partial charge >= 0.3 is 0 Å². The first-order valence-corrected chi connectivity index (χ1v) is 8.97. The molecule has 0 atom stereocenters. The van der Waals surface area contributed by atoms with E-state index >= 15 is 0 Å². The van der Waals surface area contributed by atoms with Gasteiger partial charge in [-0.3, -0.25) is 4.79 Å². The van der Waals surface area contributed by atoms with Crippen LogP contribution in [0.15, 0.2) is 53.1 Å². The molecular weight excluding hydrogens is 370 g/mol. The number of amides is 1. The zero-order chi connectivity index (χ0) is 20.4. The Bertz CT molecular complexity index is 1160. The molecule has 1 amide bonds. The molecule has 146 valence electrons. The van der Waals surface area contributed by atoms with E-state index in [2.05, 4.69) is 25.8 Å². The van der Waals surface area contributed by atoms with Gasteiger partial charge in [-0.1, -0.05) is 58.4 Å². The minimum atomic E-state index is -0.270. The summed E-state index contributed by atoms with van der Waals surface area (Å²) in [4.78, 5) is 16.7. The summed E-state index contributed by atoms with van der Waals surface area (Å²) in [5.74, 6) is 0.465. The normalized spacial score (nSPS) is 10.8. The largest absolute Gasteiger partial charge is 0.382 e. The number of carbonyl (C=O) groups is 1. The minimum Gasteiger partial charge on any atom is -0.382 e. The SMILES string of the molecule is Cc1ccc(-c2noc(-c3nnn(CC(=O)Nc4ccccc4C)c3N)n2)cc1. The number of carbonyl (C=O) groups excluding carboxylic acids is 1. The molecule has 0 aliphatic rings. The van der Waals surface area contributed by atoms with Gasteiger partial charge in [-0.05, 0) is 25.5 Å². The molecule has 2 heterocycles. The highest BCUT2D eigenvalue weighted by atomic mass is 16.5. The number of nitrogen functional groups attached to an aromatic ring is 1. The first kappa shape index (κ1) is 18.4. The number of benzene rings is 2. The predicted octanol–water partition coefficient (Wildman–Crippen LogP) is 2.83. The molecule has 0 radical (unpaired) electrons. The van der Waals surface area contributed by atoms with Crippen LogP contribution in [-0.4, -0.2) is 31.0 Å². The van der Waals surface area contributed by atoms with Crippen molar-refractivity contribution in [1.29, 1.82) is 0 Å². The van der Waals surface area contributed by atoms with Crippen molar-refractivity contribution < 1.29 is 9.32 Å². The van der Waals surface area contributed by atoms with Gasteiger partial charge in [0.05, 0.1) is 0 Å². The molecule has 0 aliphatic heterocycles. The molecule has 9 heteroatoms. The van der Waals surface area contributed by atoms with Crippen LogP contribution in [0.3, 0.4) is 0 Å². The molecule has 29 heavy (non-hydrogen) atoms. The molecular formula is C20H19N7O2. The van der Waals surface area contributed by atoms with E-state index in [-0.39, 0.29) is 29.9 Å². The summed E-state index contributed by atoms with van der Waals surface area (Å²) in [6, 6.07) is 15.2. The maximum atomic E-state index is 12.3. The maximum Gasteiger partial charge on any atom is 0.282 e. The Morgan fingerprint density at radius 1 is 1.14 bits per heavy atom. The second kappa shape index (κ2) is 7.55. The summed E-state index contributed by atoms with van der Waals surface area (Å²) in [6.07, 6.45) is 0. The van der Waals surface area contributed by atoms with Crippen molar-refractivity contribution in [3.8, 4) is 23.0 Å². The smallest absolute Gasteiger partial charge is 0.282 e. The lowest BCUT2D eigenvalue weighted by Crippen LogP contribution is -2.21. The number of rotatable bonds is 5. The summed E-state index contributed by atoms with van der Waals surface area (Å²) in [5.41, 5.74) is 9.98. The maximum absolute atomic E-state index is 12.3. The van der Waals surface area contributed by atoms with E-state index in [1.165, 1.54) is 4.68 Å². The van der Waals surface area contributed by atoms with Gasteiger partial charge < -0.3 is 15.6 Å². The highest BCUT2D eigenvalue weighted by molar-refractivity contribution is 5.91. The molecule has 4 aromatic rings. The van der Waals surface area contributed by atoms with Gasteiger partial charge in [0, 0.05) is 11.3 Å². The zero-order valence-corrected chi connectivity index (χ0v) is 16.0. The van der Waals surface area contributed by atoms with Crippen LogP contribution in [0.1, 0.15) is 11.1 Å². The van der Waals surface area contributed by atoms with Crippen molar-refractivity contribution in [1.82, 2.24) is 25.1 Å². The van der Waals surface area contributed by atoms with Crippen LogP contribution in [0.2, 0.25) is 0 Å². The molecule has 2 aromatic heterocycles. The Morgan fingerprint density at radius 2 is 1.90 bits per heavy atom. The van der Waals surface area contributed by atoms with Crippen LogP contribution in [0, 0.1) is 13.8 Å². The van der Waals surface area contributed by atoms with E-state index in [0.29, 0.717) is 5.82 Å². The first-order chi connectivity index (χ1) is 14.0. The summed E-state index contributed by atoms with van der Waals surface area (Å²) in [7, 11) is 0.